The molecular weight excluding hydrogens is 180 g/mol. The van der Waals surface area contributed by atoms with Crippen molar-refractivity contribution < 1.29 is 9.53 Å². The standard InChI is InChI=1S/C10H18N2O2/c1-3-11-10(13)14-9-5-7-12(4-2)8-6-9/h3,9H,4-8H2,1-2H3. The summed E-state index contributed by atoms with van der Waals surface area (Å²) in [6.07, 6.45) is 2.93. The first-order chi connectivity index (χ1) is 6.76. The Bertz CT molecular complexity index is 208. The number of rotatable bonds is 2. The molecule has 80 valence electrons. The van der Waals surface area contributed by atoms with E-state index >= 15 is 0 Å². The number of hydrogen-bond donors (Lipinski definition) is 0. The highest BCUT2D eigenvalue weighted by molar-refractivity contribution is 5.78. The van der Waals surface area contributed by atoms with Crippen molar-refractivity contribution in [2.24, 2.45) is 4.99 Å². The average molecular weight is 198 g/mol. The second-order valence-corrected chi connectivity index (χ2v) is 3.40. The predicted octanol–water partition coefficient (Wildman–Crippen LogP) is 1.70. The lowest BCUT2D eigenvalue weighted by atomic mass is 10.1. The van der Waals surface area contributed by atoms with E-state index < -0.39 is 6.09 Å². The number of carbonyl (C=O) groups is 1. The maximum Gasteiger partial charge on any atom is 0.433 e. The molecule has 1 rings (SSSR count). The van der Waals surface area contributed by atoms with Crippen molar-refractivity contribution in [3.63, 3.8) is 0 Å². The summed E-state index contributed by atoms with van der Waals surface area (Å²) in [6, 6.07) is 0. The van der Waals surface area contributed by atoms with Gasteiger partial charge in [-0.3, -0.25) is 0 Å². The minimum atomic E-state index is -0.456. The molecule has 0 radical (unpaired) electrons. The second-order valence-electron chi connectivity index (χ2n) is 3.40. The van der Waals surface area contributed by atoms with Crippen LogP contribution in [0, 0.1) is 0 Å². The SMILES string of the molecule is CC=NC(=O)OC1CCN(CC)CC1. The molecule has 1 amide bonds. The van der Waals surface area contributed by atoms with Crippen LogP contribution in [-0.2, 0) is 4.74 Å². The smallest absolute Gasteiger partial charge is 0.433 e. The summed E-state index contributed by atoms with van der Waals surface area (Å²) in [5, 5.41) is 0. The van der Waals surface area contributed by atoms with Crippen molar-refractivity contribution in [3.8, 4) is 0 Å². The summed E-state index contributed by atoms with van der Waals surface area (Å²) in [5.41, 5.74) is 0. The van der Waals surface area contributed by atoms with Gasteiger partial charge in [0.2, 0.25) is 0 Å². The highest BCUT2D eigenvalue weighted by Gasteiger charge is 2.20. The van der Waals surface area contributed by atoms with Gasteiger partial charge in [0.15, 0.2) is 0 Å². The summed E-state index contributed by atoms with van der Waals surface area (Å²) in [7, 11) is 0. The van der Waals surface area contributed by atoms with Gasteiger partial charge in [0.25, 0.3) is 0 Å². The van der Waals surface area contributed by atoms with E-state index in [2.05, 4.69) is 16.8 Å². The Morgan fingerprint density at radius 1 is 1.57 bits per heavy atom. The van der Waals surface area contributed by atoms with Gasteiger partial charge in [-0.15, -0.1) is 0 Å². The molecule has 0 atom stereocenters. The summed E-state index contributed by atoms with van der Waals surface area (Å²) in [5.74, 6) is 0. The number of amides is 1. The minimum Gasteiger partial charge on any atom is -0.445 e. The second kappa shape index (κ2) is 5.75. The average Bonchev–Trinajstić information content (AvgIpc) is 2.19. The van der Waals surface area contributed by atoms with Crippen LogP contribution in [0.4, 0.5) is 4.79 Å². The summed E-state index contributed by atoms with van der Waals surface area (Å²) >= 11 is 0. The van der Waals surface area contributed by atoms with E-state index in [0.29, 0.717) is 0 Å². The molecule has 1 aliphatic heterocycles. The fourth-order valence-corrected chi connectivity index (χ4v) is 1.62. The van der Waals surface area contributed by atoms with Crippen molar-refractivity contribution in [3.05, 3.63) is 0 Å². The van der Waals surface area contributed by atoms with E-state index in [9.17, 15) is 4.79 Å². The number of aliphatic imine (C=N–C) groups is 1. The number of nitrogens with zero attached hydrogens (tertiary/aromatic N) is 2. The van der Waals surface area contributed by atoms with Crippen LogP contribution in [0.2, 0.25) is 0 Å². The molecule has 0 unspecified atom stereocenters. The maximum absolute atomic E-state index is 11.0. The molecule has 1 heterocycles. The molecule has 1 aliphatic rings. The molecule has 1 saturated heterocycles. The Labute approximate surface area is 84.9 Å². The highest BCUT2D eigenvalue weighted by atomic mass is 16.6. The fraction of sp³-hybridized carbons (Fsp3) is 0.800. The number of ether oxygens (including phenoxy) is 1. The van der Waals surface area contributed by atoms with Gasteiger partial charge in [-0.25, -0.2) is 4.79 Å². The van der Waals surface area contributed by atoms with Crippen molar-refractivity contribution in [2.75, 3.05) is 19.6 Å². The lowest BCUT2D eigenvalue weighted by molar-refractivity contribution is 0.0583. The first kappa shape index (κ1) is 11.2. The first-order valence-corrected chi connectivity index (χ1v) is 5.18. The molecule has 0 saturated carbocycles. The molecule has 14 heavy (non-hydrogen) atoms. The zero-order chi connectivity index (χ0) is 10.4. The van der Waals surface area contributed by atoms with Gasteiger partial charge >= 0.3 is 6.09 Å². The van der Waals surface area contributed by atoms with Gasteiger partial charge in [-0.05, 0) is 26.3 Å². The fourth-order valence-electron chi connectivity index (χ4n) is 1.62. The molecule has 4 heteroatoms. The maximum atomic E-state index is 11.0. The molecule has 0 aromatic carbocycles. The lowest BCUT2D eigenvalue weighted by Gasteiger charge is -2.30. The topological polar surface area (TPSA) is 41.9 Å². The molecule has 0 spiro atoms. The number of hydrogen-bond acceptors (Lipinski definition) is 3. The van der Waals surface area contributed by atoms with Crippen molar-refractivity contribution in [1.82, 2.24) is 4.90 Å². The monoisotopic (exact) mass is 198 g/mol. The van der Waals surface area contributed by atoms with Gasteiger partial charge in [-0.1, -0.05) is 6.92 Å². The summed E-state index contributed by atoms with van der Waals surface area (Å²) in [4.78, 5) is 16.9. The van der Waals surface area contributed by atoms with E-state index in [4.69, 9.17) is 4.74 Å². The Hall–Kier alpha value is -0.900. The zero-order valence-corrected chi connectivity index (χ0v) is 8.90. The van der Waals surface area contributed by atoms with Gasteiger partial charge in [0.05, 0.1) is 0 Å². The predicted molar refractivity (Wildman–Crippen MR) is 55.8 cm³/mol. The number of piperidine rings is 1. The highest BCUT2D eigenvalue weighted by Crippen LogP contribution is 2.13. The third-order valence-electron chi connectivity index (χ3n) is 2.48. The van der Waals surface area contributed by atoms with Crippen molar-refractivity contribution in [1.29, 1.82) is 0 Å². The molecule has 0 aliphatic carbocycles. The van der Waals surface area contributed by atoms with Crippen LogP contribution in [0.5, 0.6) is 0 Å². The molecular formula is C10H18N2O2. The van der Waals surface area contributed by atoms with Crippen LogP contribution in [0.25, 0.3) is 0 Å². The first-order valence-electron chi connectivity index (χ1n) is 5.18. The third-order valence-corrected chi connectivity index (χ3v) is 2.48. The van der Waals surface area contributed by atoms with E-state index in [1.165, 1.54) is 6.21 Å². The van der Waals surface area contributed by atoms with Crippen LogP contribution in [0.1, 0.15) is 26.7 Å². The van der Waals surface area contributed by atoms with Crippen LogP contribution >= 0.6 is 0 Å². The van der Waals surface area contributed by atoms with Gasteiger partial charge in [0.1, 0.15) is 6.10 Å². The van der Waals surface area contributed by atoms with E-state index in [-0.39, 0.29) is 6.10 Å². The molecule has 0 aromatic heterocycles. The van der Waals surface area contributed by atoms with Crippen LogP contribution in [0.3, 0.4) is 0 Å². The van der Waals surface area contributed by atoms with Gasteiger partial charge in [-0.2, -0.15) is 4.99 Å². The van der Waals surface area contributed by atoms with E-state index in [0.717, 1.165) is 32.5 Å². The summed E-state index contributed by atoms with van der Waals surface area (Å²) in [6.45, 7) is 6.97. The van der Waals surface area contributed by atoms with Crippen LogP contribution < -0.4 is 0 Å². The number of carbonyl (C=O) groups excluding carboxylic acids is 1. The Kier molecular flexibility index (Phi) is 4.59. The van der Waals surface area contributed by atoms with Crippen LogP contribution in [0.15, 0.2) is 4.99 Å². The van der Waals surface area contributed by atoms with Gasteiger partial charge in [0, 0.05) is 19.3 Å². The van der Waals surface area contributed by atoms with Crippen molar-refractivity contribution >= 4 is 12.3 Å². The minimum absolute atomic E-state index is 0.0639. The normalized spacial score (nSPS) is 20.1. The zero-order valence-electron chi connectivity index (χ0n) is 8.90. The van der Waals surface area contributed by atoms with Gasteiger partial charge < -0.3 is 9.64 Å². The van der Waals surface area contributed by atoms with E-state index in [1.807, 2.05) is 0 Å². The number of likely N-dealkylation sites (tertiary alicyclic amines) is 1. The Morgan fingerprint density at radius 2 is 2.21 bits per heavy atom. The Morgan fingerprint density at radius 3 is 2.71 bits per heavy atom. The molecule has 4 nitrogen and oxygen atoms in total. The molecule has 0 aromatic rings. The van der Waals surface area contributed by atoms with Crippen molar-refractivity contribution in [2.45, 2.75) is 32.8 Å². The van der Waals surface area contributed by atoms with E-state index in [1.54, 1.807) is 6.92 Å². The largest absolute Gasteiger partial charge is 0.445 e. The Balaban J connectivity index is 2.25. The lowest BCUT2D eigenvalue weighted by Crippen LogP contribution is -2.37. The third kappa shape index (κ3) is 3.46. The molecule has 1 fully saturated rings. The van der Waals surface area contributed by atoms with Crippen LogP contribution in [-0.4, -0.2) is 42.9 Å². The summed E-state index contributed by atoms with van der Waals surface area (Å²) < 4.78 is 5.16. The molecule has 0 bridgehead atoms. The quantitative estimate of drug-likeness (QED) is 0.634. The molecule has 0 N–H and O–H groups in total.